The van der Waals surface area contributed by atoms with Crippen LogP contribution in [0.4, 0.5) is 4.39 Å². The number of aliphatic hydroxyl groups is 2. The predicted molar refractivity (Wildman–Crippen MR) is 140 cm³/mol. The Labute approximate surface area is 231 Å². The highest BCUT2D eigenvalue weighted by atomic mass is 31.2. The summed E-state index contributed by atoms with van der Waals surface area (Å²) in [6.45, 7) is 2.86. The van der Waals surface area contributed by atoms with Crippen molar-refractivity contribution >= 4 is 13.7 Å². The number of halogens is 1. The molecule has 0 bridgehead atoms. The summed E-state index contributed by atoms with van der Waals surface area (Å²) in [5.41, 5.74) is -2.77. The van der Waals surface area contributed by atoms with Crippen LogP contribution in [0.5, 0.6) is 5.75 Å². The lowest BCUT2D eigenvalue weighted by atomic mass is 9.95. The van der Waals surface area contributed by atoms with Gasteiger partial charge in [-0.05, 0) is 64.7 Å². The SMILES string of the molecule is Cc1ccn([C@@H]2O[C@](F)(CO[P@@](=O)(N[C@@H](C)C(=O)OC3CCCCC3)Oc3ccccc3)[C@@H](O)[C@@]2(C)O)c(=O)n1. The molecule has 1 aromatic carbocycles. The van der Waals surface area contributed by atoms with E-state index in [2.05, 4.69) is 10.1 Å². The molecule has 12 nitrogen and oxygen atoms in total. The first-order valence-electron chi connectivity index (χ1n) is 13.1. The van der Waals surface area contributed by atoms with Crippen molar-refractivity contribution < 1.29 is 42.5 Å². The quantitative estimate of drug-likeness (QED) is 0.279. The Morgan fingerprint density at radius 2 is 1.95 bits per heavy atom. The van der Waals surface area contributed by atoms with Crippen molar-refractivity contribution in [1.29, 1.82) is 0 Å². The van der Waals surface area contributed by atoms with Gasteiger partial charge in [0, 0.05) is 11.9 Å². The molecular formula is C26H35FN3O9P. The molecule has 1 aliphatic heterocycles. The van der Waals surface area contributed by atoms with E-state index in [1.807, 2.05) is 0 Å². The van der Waals surface area contributed by atoms with Crippen LogP contribution in [0.25, 0.3) is 0 Å². The minimum atomic E-state index is -4.52. The first kappa shape index (κ1) is 30.3. The van der Waals surface area contributed by atoms with Crippen LogP contribution in [-0.2, 0) is 23.4 Å². The van der Waals surface area contributed by atoms with Crippen LogP contribution in [0.15, 0.2) is 47.4 Å². The number of aliphatic hydroxyl groups excluding tert-OH is 1. The topological polar surface area (TPSA) is 158 Å². The summed E-state index contributed by atoms with van der Waals surface area (Å²) in [5.74, 6) is -3.73. The number of esters is 1. The number of hydrogen-bond donors (Lipinski definition) is 3. The van der Waals surface area contributed by atoms with E-state index in [1.54, 1.807) is 25.1 Å². The van der Waals surface area contributed by atoms with Gasteiger partial charge in [-0.2, -0.15) is 10.1 Å². The van der Waals surface area contributed by atoms with Crippen molar-refractivity contribution in [2.45, 2.75) is 88.8 Å². The Kier molecular flexibility index (Phi) is 9.13. The third-order valence-electron chi connectivity index (χ3n) is 6.93. The fourth-order valence-electron chi connectivity index (χ4n) is 4.69. The maximum atomic E-state index is 16.0. The Bertz CT molecular complexity index is 1290. The van der Waals surface area contributed by atoms with Gasteiger partial charge in [0.05, 0.1) is 0 Å². The molecule has 3 N–H and O–H groups in total. The van der Waals surface area contributed by atoms with Crippen LogP contribution < -0.4 is 15.3 Å². The molecule has 40 heavy (non-hydrogen) atoms. The summed E-state index contributed by atoms with van der Waals surface area (Å²) in [7, 11) is -4.52. The number of para-hydroxylation sites is 1. The monoisotopic (exact) mass is 583 g/mol. The molecular weight excluding hydrogens is 548 g/mol. The van der Waals surface area contributed by atoms with E-state index < -0.39 is 55.8 Å². The number of aromatic nitrogens is 2. The van der Waals surface area contributed by atoms with E-state index >= 15 is 4.39 Å². The van der Waals surface area contributed by atoms with E-state index in [4.69, 9.17) is 18.5 Å². The van der Waals surface area contributed by atoms with E-state index in [9.17, 15) is 24.4 Å². The highest BCUT2D eigenvalue weighted by Crippen LogP contribution is 2.50. The molecule has 14 heteroatoms. The molecule has 220 valence electrons. The fraction of sp³-hybridized carbons (Fsp3) is 0.577. The number of hydrogen-bond acceptors (Lipinski definition) is 10. The second-order valence-electron chi connectivity index (χ2n) is 10.4. The molecule has 0 spiro atoms. The Balaban J connectivity index is 1.52. The molecule has 2 aromatic rings. The summed E-state index contributed by atoms with van der Waals surface area (Å²) in [5, 5.41) is 24.1. The standard InChI is InChI=1S/C26H35FN3O9P/c1-17-14-15-30(24(33)28-17)23-25(3,34)22(32)26(27,38-23)16-36-40(35,39-20-12-8-5-9-13-20)29-18(2)21(31)37-19-10-6-4-7-11-19/h5,8-9,12-15,18-19,22-23,32,34H,4,6-7,10-11,16H2,1-3H3,(H,29,35)/t18-,22-,23+,25+,26+,40-/m0/s1. The number of carbonyl (C=O) groups is 1. The van der Waals surface area contributed by atoms with E-state index in [0.29, 0.717) is 5.69 Å². The molecule has 1 saturated carbocycles. The molecule has 0 unspecified atom stereocenters. The summed E-state index contributed by atoms with van der Waals surface area (Å²) < 4.78 is 52.4. The van der Waals surface area contributed by atoms with Gasteiger partial charge >= 0.3 is 19.4 Å². The van der Waals surface area contributed by atoms with Crippen molar-refractivity contribution in [2.75, 3.05) is 6.61 Å². The van der Waals surface area contributed by atoms with Gasteiger partial charge in [0.1, 0.15) is 36.2 Å². The van der Waals surface area contributed by atoms with Gasteiger partial charge < -0.3 is 24.2 Å². The summed E-state index contributed by atoms with van der Waals surface area (Å²) in [4.78, 5) is 28.9. The summed E-state index contributed by atoms with van der Waals surface area (Å²) >= 11 is 0. The lowest BCUT2D eigenvalue weighted by Crippen LogP contribution is -2.50. The van der Waals surface area contributed by atoms with Gasteiger partial charge in [-0.15, -0.1) is 0 Å². The molecule has 1 aliphatic carbocycles. The molecule has 2 aliphatic rings. The molecule has 4 rings (SSSR count). The Morgan fingerprint density at radius 3 is 2.60 bits per heavy atom. The normalized spacial score (nSPS) is 29.4. The van der Waals surface area contributed by atoms with Crippen LogP contribution in [0.1, 0.15) is 57.9 Å². The third kappa shape index (κ3) is 6.79. The number of nitrogens with zero attached hydrogens (tertiary/aromatic N) is 2. The first-order valence-corrected chi connectivity index (χ1v) is 14.7. The zero-order chi connectivity index (χ0) is 29.1. The second-order valence-corrected chi connectivity index (χ2v) is 12.1. The van der Waals surface area contributed by atoms with Gasteiger partial charge in [-0.1, -0.05) is 24.6 Å². The van der Waals surface area contributed by atoms with Crippen LogP contribution >= 0.6 is 7.75 Å². The number of aryl methyl sites for hydroxylation is 1. The Morgan fingerprint density at radius 1 is 1.27 bits per heavy atom. The van der Waals surface area contributed by atoms with Gasteiger partial charge in [0.2, 0.25) is 0 Å². The third-order valence-corrected chi connectivity index (χ3v) is 8.56. The number of nitrogens with one attached hydrogen (secondary N) is 1. The highest BCUT2D eigenvalue weighted by molar-refractivity contribution is 7.52. The van der Waals surface area contributed by atoms with Crippen molar-refractivity contribution in [2.24, 2.45) is 0 Å². The highest BCUT2D eigenvalue weighted by Gasteiger charge is 2.64. The molecule has 2 fully saturated rings. The van der Waals surface area contributed by atoms with Crippen molar-refractivity contribution in [3.8, 4) is 5.75 Å². The number of rotatable bonds is 10. The van der Waals surface area contributed by atoms with Crippen LogP contribution in [0.2, 0.25) is 0 Å². The van der Waals surface area contributed by atoms with Gasteiger partial charge in [-0.3, -0.25) is 13.9 Å². The van der Waals surface area contributed by atoms with Gasteiger partial charge in [-0.25, -0.2) is 13.8 Å². The van der Waals surface area contributed by atoms with Crippen molar-refractivity contribution in [3.63, 3.8) is 0 Å². The van der Waals surface area contributed by atoms with E-state index in [-0.39, 0.29) is 11.9 Å². The maximum Gasteiger partial charge on any atom is 0.459 e. The lowest BCUT2D eigenvalue weighted by Gasteiger charge is -2.29. The van der Waals surface area contributed by atoms with Crippen molar-refractivity contribution in [1.82, 2.24) is 14.6 Å². The molecule has 1 aromatic heterocycles. The largest absolute Gasteiger partial charge is 0.461 e. The average molecular weight is 584 g/mol. The number of benzene rings is 1. The minimum absolute atomic E-state index is 0.0918. The predicted octanol–water partition coefficient (Wildman–Crippen LogP) is 2.92. The summed E-state index contributed by atoms with van der Waals surface area (Å²) in [6, 6.07) is 8.14. The van der Waals surface area contributed by atoms with E-state index in [1.165, 1.54) is 31.3 Å². The smallest absolute Gasteiger partial charge is 0.459 e. The zero-order valence-electron chi connectivity index (χ0n) is 22.6. The van der Waals surface area contributed by atoms with E-state index in [0.717, 1.165) is 43.6 Å². The average Bonchev–Trinajstić information content (AvgIpc) is 3.09. The maximum absolute atomic E-state index is 16.0. The van der Waals surface area contributed by atoms with Crippen LogP contribution in [-0.4, -0.2) is 62.0 Å². The molecule has 2 heterocycles. The zero-order valence-corrected chi connectivity index (χ0v) is 23.5. The molecule has 0 radical (unpaired) electrons. The van der Waals surface area contributed by atoms with Crippen LogP contribution in [0, 0.1) is 6.92 Å². The fourth-order valence-corrected chi connectivity index (χ4v) is 6.20. The number of carbonyl (C=O) groups excluding carboxylic acids is 1. The Hall–Kier alpha value is -2.67. The molecule has 1 saturated heterocycles. The van der Waals surface area contributed by atoms with Gasteiger partial charge in [0.15, 0.2) is 6.23 Å². The molecule has 6 atom stereocenters. The van der Waals surface area contributed by atoms with Gasteiger partial charge in [0.25, 0.3) is 5.85 Å². The summed E-state index contributed by atoms with van der Waals surface area (Å²) in [6.07, 6.45) is 1.46. The number of alkyl halides is 1. The minimum Gasteiger partial charge on any atom is -0.461 e. The van der Waals surface area contributed by atoms with Crippen molar-refractivity contribution in [3.05, 3.63) is 58.8 Å². The number of ether oxygens (including phenoxy) is 2. The second kappa shape index (κ2) is 12.1. The lowest BCUT2D eigenvalue weighted by molar-refractivity contribution is -0.204. The van der Waals surface area contributed by atoms with Crippen LogP contribution in [0.3, 0.4) is 0 Å². The first-order chi connectivity index (χ1) is 18.8. The molecule has 0 amide bonds.